The quantitative estimate of drug-likeness (QED) is 0.632. The van der Waals surface area contributed by atoms with Crippen molar-refractivity contribution in [3.63, 3.8) is 0 Å². The van der Waals surface area contributed by atoms with Gasteiger partial charge >= 0.3 is 0 Å². The highest BCUT2D eigenvalue weighted by molar-refractivity contribution is 5.96. The Morgan fingerprint density at radius 2 is 1.86 bits per heavy atom. The van der Waals surface area contributed by atoms with Gasteiger partial charge in [-0.2, -0.15) is 0 Å². The van der Waals surface area contributed by atoms with Crippen LogP contribution in [-0.2, 0) is 6.42 Å². The second-order valence-corrected chi connectivity index (χ2v) is 7.75. The summed E-state index contributed by atoms with van der Waals surface area (Å²) in [5, 5.41) is 14.9. The number of nitrogens with zero attached hydrogens (tertiary/aromatic N) is 2. The zero-order valence-corrected chi connectivity index (χ0v) is 16.9. The van der Waals surface area contributed by atoms with Gasteiger partial charge in [-0.25, -0.2) is 0 Å². The molecule has 0 spiro atoms. The van der Waals surface area contributed by atoms with Crippen LogP contribution in [0.3, 0.4) is 0 Å². The Morgan fingerprint density at radius 3 is 2.55 bits per heavy atom. The summed E-state index contributed by atoms with van der Waals surface area (Å²) >= 11 is 0. The maximum atomic E-state index is 12.9. The fraction of sp³-hybridized carbons (Fsp3) is 0.292. The van der Waals surface area contributed by atoms with E-state index in [1.165, 1.54) is 11.1 Å². The standard InChI is InChI=1S/C24H26N4O/c1-3-25-22-12-11-21(27-28-22)18-9-6-10-19(15-18)23(29)26-24(13-14-24)16-20-8-5-4-7-17(20)2/h4-12,15H,3,13-14,16H2,1-2H3,(H,25,28)(H,26,29). The Balaban J connectivity index is 1.48. The number of hydrogen-bond donors (Lipinski definition) is 2. The molecule has 1 aromatic heterocycles. The Kier molecular flexibility index (Phi) is 5.30. The number of rotatable bonds is 7. The van der Waals surface area contributed by atoms with Crippen molar-refractivity contribution >= 4 is 11.7 Å². The number of hydrogen-bond acceptors (Lipinski definition) is 4. The average molecular weight is 386 g/mol. The van der Waals surface area contributed by atoms with Gasteiger partial charge in [-0.15, -0.1) is 10.2 Å². The lowest BCUT2D eigenvalue weighted by Gasteiger charge is -2.19. The smallest absolute Gasteiger partial charge is 0.251 e. The number of benzene rings is 2. The van der Waals surface area contributed by atoms with E-state index >= 15 is 0 Å². The predicted octanol–water partition coefficient (Wildman–Crippen LogP) is 4.39. The van der Waals surface area contributed by atoms with Gasteiger partial charge in [0, 0.05) is 23.2 Å². The molecule has 1 fully saturated rings. The molecule has 5 nitrogen and oxygen atoms in total. The molecule has 0 atom stereocenters. The van der Waals surface area contributed by atoms with Gasteiger partial charge in [-0.3, -0.25) is 4.79 Å². The van der Waals surface area contributed by atoms with Crippen LogP contribution in [-0.4, -0.2) is 28.2 Å². The molecule has 0 radical (unpaired) electrons. The van der Waals surface area contributed by atoms with Crippen LogP contribution < -0.4 is 10.6 Å². The van der Waals surface area contributed by atoms with Crippen molar-refractivity contribution in [1.82, 2.24) is 15.5 Å². The largest absolute Gasteiger partial charge is 0.369 e. The monoisotopic (exact) mass is 386 g/mol. The third-order valence-corrected chi connectivity index (χ3v) is 5.47. The maximum absolute atomic E-state index is 12.9. The van der Waals surface area contributed by atoms with Crippen molar-refractivity contribution < 1.29 is 4.79 Å². The third-order valence-electron chi connectivity index (χ3n) is 5.47. The number of carbonyl (C=O) groups is 1. The fourth-order valence-electron chi connectivity index (χ4n) is 3.56. The van der Waals surface area contributed by atoms with E-state index in [4.69, 9.17) is 0 Å². The predicted molar refractivity (Wildman–Crippen MR) is 116 cm³/mol. The Labute approximate surface area is 171 Å². The van der Waals surface area contributed by atoms with Gasteiger partial charge in [0.2, 0.25) is 0 Å². The number of anilines is 1. The average Bonchev–Trinajstić information content (AvgIpc) is 3.49. The molecule has 148 valence electrons. The molecule has 0 bridgehead atoms. The molecule has 1 aliphatic carbocycles. The summed E-state index contributed by atoms with van der Waals surface area (Å²) in [5.41, 5.74) is 4.74. The summed E-state index contributed by atoms with van der Waals surface area (Å²) in [5.74, 6) is 0.715. The lowest BCUT2D eigenvalue weighted by atomic mass is 9.99. The highest BCUT2D eigenvalue weighted by Gasteiger charge is 2.44. The van der Waals surface area contributed by atoms with Gasteiger partial charge < -0.3 is 10.6 Å². The summed E-state index contributed by atoms with van der Waals surface area (Å²) in [6.07, 6.45) is 2.91. The van der Waals surface area contributed by atoms with Crippen molar-refractivity contribution in [2.75, 3.05) is 11.9 Å². The molecule has 1 heterocycles. The fourth-order valence-corrected chi connectivity index (χ4v) is 3.56. The Morgan fingerprint density at radius 1 is 1.03 bits per heavy atom. The molecule has 4 rings (SSSR count). The van der Waals surface area contributed by atoms with Crippen LogP contribution in [0.1, 0.15) is 41.3 Å². The molecule has 0 saturated heterocycles. The van der Waals surface area contributed by atoms with Crippen LogP contribution in [0.4, 0.5) is 5.82 Å². The molecule has 2 N–H and O–H groups in total. The highest BCUT2D eigenvalue weighted by Crippen LogP contribution is 2.39. The Hall–Kier alpha value is -3.21. The topological polar surface area (TPSA) is 66.9 Å². The van der Waals surface area contributed by atoms with Crippen molar-refractivity contribution in [3.05, 3.63) is 77.4 Å². The van der Waals surface area contributed by atoms with Gasteiger partial charge in [0.05, 0.1) is 5.69 Å². The zero-order chi connectivity index (χ0) is 20.3. The van der Waals surface area contributed by atoms with Crippen LogP contribution >= 0.6 is 0 Å². The molecule has 0 aliphatic heterocycles. The number of aromatic nitrogens is 2. The highest BCUT2D eigenvalue weighted by atomic mass is 16.1. The molecular formula is C24H26N4O. The van der Waals surface area contributed by atoms with Crippen molar-refractivity contribution in [2.24, 2.45) is 0 Å². The van der Waals surface area contributed by atoms with E-state index in [2.05, 4.69) is 52.0 Å². The van der Waals surface area contributed by atoms with Gasteiger partial charge in [0.25, 0.3) is 5.91 Å². The minimum atomic E-state index is -0.119. The zero-order valence-electron chi connectivity index (χ0n) is 16.9. The lowest BCUT2D eigenvalue weighted by molar-refractivity contribution is 0.0931. The SMILES string of the molecule is CCNc1ccc(-c2cccc(C(=O)NC3(Cc4ccccc4C)CC3)c2)nn1. The lowest BCUT2D eigenvalue weighted by Crippen LogP contribution is -2.38. The number of carbonyl (C=O) groups excluding carboxylic acids is 1. The van der Waals surface area contributed by atoms with Crippen LogP contribution in [0.15, 0.2) is 60.7 Å². The van der Waals surface area contributed by atoms with E-state index in [0.29, 0.717) is 5.56 Å². The van der Waals surface area contributed by atoms with Crippen molar-refractivity contribution in [1.29, 1.82) is 0 Å². The molecule has 2 aromatic carbocycles. The second kappa shape index (κ2) is 8.03. The summed E-state index contributed by atoms with van der Waals surface area (Å²) in [6.45, 7) is 4.94. The number of nitrogens with one attached hydrogen (secondary N) is 2. The van der Waals surface area contributed by atoms with Crippen molar-refractivity contribution in [2.45, 2.75) is 38.6 Å². The van der Waals surface area contributed by atoms with Crippen LogP contribution in [0, 0.1) is 6.92 Å². The molecule has 3 aromatic rings. The van der Waals surface area contributed by atoms with Crippen LogP contribution in [0.2, 0.25) is 0 Å². The van der Waals surface area contributed by atoms with Crippen molar-refractivity contribution in [3.8, 4) is 11.3 Å². The van der Waals surface area contributed by atoms with E-state index in [1.54, 1.807) is 0 Å². The van der Waals surface area contributed by atoms with E-state index < -0.39 is 0 Å². The molecule has 0 unspecified atom stereocenters. The first-order valence-corrected chi connectivity index (χ1v) is 10.1. The molecule has 5 heteroatoms. The third kappa shape index (κ3) is 4.45. The Bertz CT molecular complexity index is 1010. The number of amides is 1. The van der Waals surface area contributed by atoms with Crippen LogP contribution in [0.5, 0.6) is 0 Å². The van der Waals surface area contributed by atoms with E-state index in [0.717, 1.165) is 42.9 Å². The number of aryl methyl sites for hydroxylation is 1. The summed E-state index contributed by atoms with van der Waals surface area (Å²) < 4.78 is 0. The van der Waals surface area contributed by atoms with Gasteiger partial charge in [0.15, 0.2) is 0 Å². The van der Waals surface area contributed by atoms with E-state index in [9.17, 15) is 4.79 Å². The summed E-state index contributed by atoms with van der Waals surface area (Å²) in [7, 11) is 0. The first-order chi connectivity index (χ1) is 14.1. The summed E-state index contributed by atoms with van der Waals surface area (Å²) in [4.78, 5) is 12.9. The molecule has 1 aliphatic rings. The van der Waals surface area contributed by atoms with Gasteiger partial charge in [-0.1, -0.05) is 36.4 Å². The first-order valence-electron chi connectivity index (χ1n) is 10.1. The minimum absolute atomic E-state index is 0.0323. The minimum Gasteiger partial charge on any atom is -0.369 e. The molecule has 1 saturated carbocycles. The summed E-state index contributed by atoms with van der Waals surface area (Å²) in [6, 6.07) is 19.8. The van der Waals surface area contributed by atoms with Crippen LogP contribution in [0.25, 0.3) is 11.3 Å². The van der Waals surface area contributed by atoms with E-state index in [-0.39, 0.29) is 11.4 Å². The normalized spacial score (nSPS) is 14.3. The molecule has 1 amide bonds. The van der Waals surface area contributed by atoms with Gasteiger partial charge in [0.1, 0.15) is 5.82 Å². The molecule has 29 heavy (non-hydrogen) atoms. The molecular weight excluding hydrogens is 360 g/mol. The maximum Gasteiger partial charge on any atom is 0.251 e. The second-order valence-electron chi connectivity index (χ2n) is 7.75. The van der Waals surface area contributed by atoms with E-state index in [1.807, 2.05) is 43.3 Å². The first kappa shape index (κ1) is 19.1. The van der Waals surface area contributed by atoms with Gasteiger partial charge in [-0.05, 0) is 68.5 Å².